The van der Waals surface area contributed by atoms with Gasteiger partial charge in [-0.15, -0.1) is 9.71 Å². The lowest BCUT2D eigenvalue weighted by molar-refractivity contribution is 1.11. The molecule has 0 saturated carbocycles. The molecule has 0 N–H and O–H groups in total. The van der Waals surface area contributed by atoms with Crippen LogP contribution in [0.5, 0.6) is 0 Å². The fourth-order valence-corrected chi connectivity index (χ4v) is 1.87. The van der Waals surface area contributed by atoms with E-state index < -0.39 is 0 Å². The maximum atomic E-state index is 2.25. The van der Waals surface area contributed by atoms with Gasteiger partial charge in [0.05, 0.1) is 0 Å². The molecule has 0 aliphatic carbocycles. The third-order valence-corrected chi connectivity index (χ3v) is 2.78. The minimum atomic E-state index is 0. The van der Waals surface area contributed by atoms with E-state index in [-0.39, 0.29) is 4.70 Å². The van der Waals surface area contributed by atoms with Crippen LogP contribution < -0.4 is 4.43 Å². The fourth-order valence-electron chi connectivity index (χ4n) is 0.938. The van der Waals surface area contributed by atoms with Gasteiger partial charge in [0.15, 0.2) is 0 Å². The van der Waals surface area contributed by atoms with Crippen molar-refractivity contribution >= 4 is 19.6 Å². The summed E-state index contributed by atoms with van der Waals surface area (Å²) in [6.45, 7) is 4.38. The van der Waals surface area contributed by atoms with Crippen molar-refractivity contribution in [2.45, 2.75) is 19.1 Å². The van der Waals surface area contributed by atoms with Crippen molar-refractivity contribution in [3.63, 3.8) is 0 Å². The third-order valence-electron chi connectivity index (χ3n) is 1.52. The van der Waals surface area contributed by atoms with E-state index in [1.807, 2.05) is 0 Å². The molecule has 1 radical (unpaired) electrons. The molecule has 0 aliphatic rings. The van der Waals surface area contributed by atoms with Crippen molar-refractivity contribution in [1.82, 2.24) is 0 Å². The lowest BCUT2D eigenvalue weighted by Gasteiger charge is -1.96. The first-order chi connectivity index (χ1) is 4.83. The highest BCUT2D eigenvalue weighted by Gasteiger charge is 1.91. The van der Waals surface area contributed by atoms with E-state index in [0.29, 0.717) is 15.2 Å². The summed E-state index contributed by atoms with van der Waals surface area (Å²) in [7, 11) is 0. The van der Waals surface area contributed by atoms with Crippen molar-refractivity contribution < 1.29 is 4.70 Å². The molecule has 0 amide bonds. The van der Waals surface area contributed by atoms with Gasteiger partial charge in [-0.1, -0.05) is 36.8 Å². The first kappa shape index (κ1) is 10.7. The quantitative estimate of drug-likeness (QED) is 0.590. The van der Waals surface area contributed by atoms with E-state index in [9.17, 15) is 0 Å². The standard InChI is InChI=1S/C7H7.C2H5.Al.FH/c1-7-5-3-2-4-6-7;1-2;;/h3-6H,1H3;1H2,2H3;;1H. The molecule has 0 unspecified atom stereocenters. The molecule has 1 aromatic carbocycles. The number of hydrogen-bond acceptors (Lipinski definition) is 0. The summed E-state index contributed by atoms with van der Waals surface area (Å²) >= 11 is 0.533. The van der Waals surface area contributed by atoms with E-state index in [0.717, 1.165) is 0 Å². The van der Waals surface area contributed by atoms with E-state index in [4.69, 9.17) is 0 Å². The van der Waals surface area contributed by atoms with Gasteiger partial charge >= 0.3 is 0 Å². The molecule has 1 rings (SSSR count). The Morgan fingerprint density at radius 2 is 1.73 bits per heavy atom. The van der Waals surface area contributed by atoms with Crippen LogP contribution in [-0.4, -0.2) is 15.2 Å². The van der Waals surface area contributed by atoms with Crippen molar-refractivity contribution in [2.75, 3.05) is 0 Å². The zero-order chi connectivity index (χ0) is 7.40. The summed E-state index contributed by atoms with van der Waals surface area (Å²) in [5.74, 6) is 0. The van der Waals surface area contributed by atoms with Crippen LogP contribution in [0.25, 0.3) is 0 Å². The van der Waals surface area contributed by atoms with Gasteiger partial charge in [0.2, 0.25) is 15.2 Å². The van der Waals surface area contributed by atoms with Gasteiger partial charge in [-0.2, -0.15) is 0 Å². The summed E-state index contributed by atoms with van der Waals surface area (Å²) in [5.41, 5.74) is 1.36. The van der Waals surface area contributed by atoms with Crippen LogP contribution in [0.4, 0.5) is 4.70 Å². The first-order valence-corrected chi connectivity index (χ1v) is 5.12. The Bertz CT molecular complexity index is 193. The highest BCUT2D eigenvalue weighted by molar-refractivity contribution is 6.53. The summed E-state index contributed by atoms with van der Waals surface area (Å²) in [4.78, 5) is 0. The maximum Gasteiger partial charge on any atom is 0.250 e. The Morgan fingerprint density at radius 3 is 2.18 bits per heavy atom. The predicted molar refractivity (Wildman–Crippen MR) is 49.6 cm³/mol. The molecular formula is C9H13AlF. The topological polar surface area (TPSA) is 0 Å². The molecule has 0 saturated heterocycles. The molecule has 0 aliphatic heterocycles. The molecule has 0 fully saturated rings. The monoisotopic (exact) mass is 167 g/mol. The van der Waals surface area contributed by atoms with Gasteiger partial charge in [0.25, 0.3) is 0 Å². The molecule has 11 heavy (non-hydrogen) atoms. The van der Waals surface area contributed by atoms with Gasteiger partial charge in [0.1, 0.15) is 0 Å². The lowest BCUT2D eigenvalue weighted by atomic mass is 10.2. The van der Waals surface area contributed by atoms with E-state index in [2.05, 4.69) is 38.1 Å². The molecule has 0 spiro atoms. The van der Waals surface area contributed by atoms with Crippen LogP contribution in [0.2, 0.25) is 5.28 Å². The zero-order valence-electron chi connectivity index (χ0n) is 7.00. The lowest BCUT2D eigenvalue weighted by Crippen LogP contribution is -2.11. The van der Waals surface area contributed by atoms with Gasteiger partial charge < -0.3 is 0 Å². The minimum Gasteiger partial charge on any atom is -0.269 e. The maximum absolute atomic E-state index is 2.25. The first-order valence-electron chi connectivity index (χ1n) is 3.73. The minimum absolute atomic E-state index is 0. The van der Waals surface area contributed by atoms with Crippen LogP contribution in [-0.2, 0) is 0 Å². The molecule has 0 heterocycles. The second kappa shape index (κ2) is 5.35. The van der Waals surface area contributed by atoms with Crippen molar-refractivity contribution in [1.29, 1.82) is 0 Å². The zero-order valence-corrected chi connectivity index (χ0v) is 8.16. The Hall–Kier alpha value is -0.318. The molecule has 0 atom stereocenters. The summed E-state index contributed by atoms with van der Waals surface area (Å²) in [6, 6.07) is 8.87. The van der Waals surface area contributed by atoms with Crippen LogP contribution in [0.15, 0.2) is 24.3 Å². The largest absolute Gasteiger partial charge is 0.269 e. The van der Waals surface area contributed by atoms with Crippen LogP contribution in [0, 0.1) is 6.92 Å². The second-order valence-corrected chi connectivity index (χ2v) is 4.41. The van der Waals surface area contributed by atoms with Crippen molar-refractivity contribution in [3.8, 4) is 0 Å². The number of rotatable bonds is 2. The predicted octanol–water partition coefficient (Wildman–Crippen LogP) is 1.92. The molecular weight excluding hydrogens is 154 g/mol. The van der Waals surface area contributed by atoms with Gasteiger partial charge in [-0.05, 0) is 6.92 Å². The smallest absolute Gasteiger partial charge is 0.250 e. The second-order valence-electron chi connectivity index (χ2n) is 2.52. The average molecular weight is 167 g/mol. The summed E-state index contributed by atoms with van der Waals surface area (Å²) in [6.07, 6.45) is 0. The highest BCUT2D eigenvalue weighted by Crippen LogP contribution is 1.92. The number of benzene rings is 1. The Labute approximate surface area is 73.7 Å². The van der Waals surface area contributed by atoms with Crippen molar-refractivity contribution in [3.05, 3.63) is 29.8 Å². The molecule has 1 aromatic rings. The molecule has 0 bridgehead atoms. The summed E-state index contributed by atoms with van der Waals surface area (Å²) in [5, 5.41) is 1.32. The van der Waals surface area contributed by atoms with Crippen LogP contribution in [0.1, 0.15) is 12.5 Å². The van der Waals surface area contributed by atoms with Crippen molar-refractivity contribution in [2.24, 2.45) is 0 Å². The molecule has 59 valence electrons. The number of halogens is 1. The molecule has 0 nitrogen and oxygen atoms in total. The van der Waals surface area contributed by atoms with E-state index in [1.54, 1.807) is 0 Å². The molecule has 2 heteroatoms. The third kappa shape index (κ3) is 3.55. The van der Waals surface area contributed by atoms with Crippen LogP contribution >= 0.6 is 0 Å². The highest BCUT2D eigenvalue weighted by atomic mass is 27.1. The van der Waals surface area contributed by atoms with E-state index in [1.165, 1.54) is 15.3 Å². The van der Waals surface area contributed by atoms with E-state index >= 15 is 0 Å². The van der Waals surface area contributed by atoms with Crippen LogP contribution in [0.3, 0.4) is 0 Å². The van der Waals surface area contributed by atoms with Gasteiger partial charge in [-0.25, -0.2) is 0 Å². The average Bonchev–Trinajstić information content (AvgIpc) is 1.95. The Kier molecular flexibility index (Phi) is 5.19. The SMILES string of the molecule is C[CH2][Al][c]1ccc(C)cc1.F. The summed E-state index contributed by atoms with van der Waals surface area (Å²) < 4.78 is 1.54. The Morgan fingerprint density at radius 1 is 1.18 bits per heavy atom. The number of hydrogen-bond donors (Lipinski definition) is 0. The van der Waals surface area contributed by atoms with Gasteiger partial charge in [-0.3, -0.25) is 4.70 Å². The molecule has 0 aromatic heterocycles. The number of aryl methyl sites for hydroxylation is 1. The Balaban J connectivity index is 0.000001000. The normalized spacial score (nSPS) is 8.55. The van der Waals surface area contributed by atoms with Gasteiger partial charge in [0, 0.05) is 0 Å². The fraction of sp³-hybridized carbons (Fsp3) is 0.333.